The average Bonchev–Trinajstić information content (AvgIpc) is 2.39. The number of carboxylic acids is 1. The van der Waals surface area contributed by atoms with Crippen molar-refractivity contribution in [2.24, 2.45) is 0 Å². The predicted octanol–water partition coefficient (Wildman–Crippen LogP) is 4.27. The van der Waals surface area contributed by atoms with Gasteiger partial charge in [0.1, 0.15) is 23.5 Å². The smallest absolute Gasteiger partial charge is 0.329 e. The summed E-state index contributed by atoms with van der Waals surface area (Å²) in [6.45, 7) is 5.62. The molecule has 0 aromatic carbocycles. The Hall–Kier alpha value is -0.680. The minimum Gasteiger partial charge on any atom is -0.490 e. The van der Waals surface area contributed by atoms with Gasteiger partial charge in [-0.3, -0.25) is 0 Å². The first-order valence-electron chi connectivity index (χ1n) is 6.41. The first-order chi connectivity index (χ1) is 9.90. The molecule has 0 heterocycles. The molecule has 2 unspecified atom stereocenters. The molecule has 120 valence electrons. The topological polar surface area (TPSA) is 55.8 Å². The fourth-order valence-electron chi connectivity index (χ4n) is 1.53. The average molecular weight is 358 g/mol. The summed E-state index contributed by atoms with van der Waals surface area (Å²) >= 11 is 17.0. The van der Waals surface area contributed by atoms with E-state index in [0.717, 1.165) is 5.57 Å². The number of carbonyl (C=O) groups is 1. The van der Waals surface area contributed by atoms with Crippen molar-refractivity contribution in [2.45, 2.75) is 32.3 Å². The molecular weight excluding hydrogens is 339 g/mol. The minimum absolute atomic E-state index is 0.127. The molecule has 0 amide bonds. The van der Waals surface area contributed by atoms with Gasteiger partial charge in [-0.25, -0.2) is 4.79 Å². The molecule has 0 spiro atoms. The number of allylic oxidation sites excluding steroid dienone is 1. The van der Waals surface area contributed by atoms with Crippen molar-refractivity contribution < 1.29 is 19.4 Å². The Morgan fingerprint density at radius 2 is 2.05 bits per heavy atom. The van der Waals surface area contributed by atoms with E-state index in [9.17, 15) is 4.79 Å². The van der Waals surface area contributed by atoms with E-state index < -0.39 is 24.1 Å². The molecule has 0 bridgehead atoms. The third kappa shape index (κ3) is 8.37. The van der Waals surface area contributed by atoms with E-state index in [0.29, 0.717) is 5.76 Å². The maximum absolute atomic E-state index is 10.5. The zero-order valence-electron chi connectivity index (χ0n) is 12.1. The Morgan fingerprint density at radius 1 is 1.43 bits per heavy atom. The van der Waals surface area contributed by atoms with Gasteiger partial charge >= 0.3 is 5.97 Å². The summed E-state index contributed by atoms with van der Waals surface area (Å²) in [5.74, 6) is -0.469. The summed E-state index contributed by atoms with van der Waals surface area (Å²) in [5, 5.41) is 8.09. The molecule has 1 aliphatic carbocycles. The highest BCUT2D eigenvalue weighted by atomic mass is 35.5. The Morgan fingerprint density at radius 3 is 2.52 bits per heavy atom. The Balaban J connectivity index is 0.00000191. The zero-order chi connectivity index (χ0) is 16.4. The van der Waals surface area contributed by atoms with Gasteiger partial charge in [-0.05, 0) is 30.7 Å². The molecular formula is C14H19Cl3O4. The van der Waals surface area contributed by atoms with Crippen LogP contribution in [0.25, 0.3) is 0 Å². The maximum Gasteiger partial charge on any atom is 0.329 e. The van der Waals surface area contributed by atoms with Crippen LogP contribution >= 0.6 is 34.8 Å². The van der Waals surface area contributed by atoms with E-state index in [1.54, 1.807) is 19.1 Å². The number of carboxylic acid groups (broad SMARTS) is 1. The van der Waals surface area contributed by atoms with Gasteiger partial charge in [-0.2, -0.15) is 0 Å². The van der Waals surface area contributed by atoms with Gasteiger partial charge < -0.3 is 14.6 Å². The van der Waals surface area contributed by atoms with E-state index in [1.807, 2.05) is 13.8 Å². The SMILES string of the molecule is CC.CC1=CC(OCC=C(Cl)Cl)=CC(Cl)C1OCC(=O)O. The first kappa shape index (κ1) is 20.3. The lowest BCUT2D eigenvalue weighted by Gasteiger charge is -2.25. The summed E-state index contributed by atoms with van der Waals surface area (Å²) in [5.41, 5.74) is 0.791. The predicted molar refractivity (Wildman–Crippen MR) is 85.9 cm³/mol. The van der Waals surface area contributed by atoms with Crippen molar-refractivity contribution in [2.75, 3.05) is 13.2 Å². The van der Waals surface area contributed by atoms with Gasteiger partial charge in [0.2, 0.25) is 0 Å². The number of hydrogen-bond acceptors (Lipinski definition) is 3. The van der Waals surface area contributed by atoms with Crippen LogP contribution in [-0.4, -0.2) is 35.8 Å². The number of halogens is 3. The molecule has 1 rings (SSSR count). The van der Waals surface area contributed by atoms with Crippen molar-refractivity contribution in [3.8, 4) is 0 Å². The van der Waals surface area contributed by atoms with E-state index in [2.05, 4.69) is 0 Å². The highest BCUT2D eigenvalue weighted by Crippen LogP contribution is 2.25. The lowest BCUT2D eigenvalue weighted by atomic mass is 10.0. The van der Waals surface area contributed by atoms with Crippen LogP contribution in [-0.2, 0) is 14.3 Å². The van der Waals surface area contributed by atoms with E-state index in [4.69, 9.17) is 49.4 Å². The molecule has 4 nitrogen and oxygen atoms in total. The van der Waals surface area contributed by atoms with Crippen LogP contribution in [0.3, 0.4) is 0 Å². The second-order valence-corrected chi connectivity index (χ2v) is 5.34. The normalized spacial score (nSPS) is 20.5. The fraction of sp³-hybridized carbons (Fsp3) is 0.500. The van der Waals surface area contributed by atoms with Crippen LogP contribution in [0, 0.1) is 0 Å². The number of ether oxygens (including phenoxy) is 2. The van der Waals surface area contributed by atoms with Gasteiger partial charge in [0.05, 0.1) is 11.5 Å². The zero-order valence-corrected chi connectivity index (χ0v) is 14.4. The second kappa shape index (κ2) is 11.0. The molecule has 2 atom stereocenters. The summed E-state index contributed by atoms with van der Waals surface area (Å²) in [6, 6.07) is 0. The van der Waals surface area contributed by atoms with Crippen LogP contribution < -0.4 is 0 Å². The Labute approximate surface area is 140 Å². The van der Waals surface area contributed by atoms with E-state index >= 15 is 0 Å². The Kier molecular flexibility index (Phi) is 10.6. The summed E-state index contributed by atoms with van der Waals surface area (Å²) < 4.78 is 10.7. The largest absolute Gasteiger partial charge is 0.490 e. The number of hydrogen-bond donors (Lipinski definition) is 1. The number of alkyl halides is 1. The van der Waals surface area contributed by atoms with Crippen molar-refractivity contribution in [1.82, 2.24) is 0 Å². The minimum atomic E-state index is -1.04. The fourth-order valence-corrected chi connectivity index (χ4v) is 2.05. The molecule has 0 aromatic heterocycles. The third-order valence-electron chi connectivity index (χ3n) is 2.31. The van der Waals surface area contributed by atoms with Gasteiger partial charge in [0.25, 0.3) is 0 Å². The first-order valence-corrected chi connectivity index (χ1v) is 7.61. The van der Waals surface area contributed by atoms with Crippen LogP contribution in [0.2, 0.25) is 0 Å². The Bertz CT molecular complexity index is 426. The molecule has 21 heavy (non-hydrogen) atoms. The van der Waals surface area contributed by atoms with Crippen molar-refractivity contribution >= 4 is 40.8 Å². The lowest BCUT2D eigenvalue weighted by Crippen LogP contribution is -2.29. The van der Waals surface area contributed by atoms with Gasteiger partial charge in [0.15, 0.2) is 0 Å². The highest BCUT2D eigenvalue weighted by molar-refractivity contribution is 6.55. The van der Waals surface area contributed by atoms with Crippen LogP contribution in [0.4, 0.5) is 0 Å². The van der Waals surface area contributed by atoms with Gasteiger partial charge in [-0.15, -0.1) is 11.6 Å². The lowest BCUT2D eigenvalue weighted by molar-refractivity contribution is -0.143. The molecule has 0 radical (unpaired) electrons. The molecule has 0 saturated heterocycles. The second-order valence-electron chi connectivity index (χ2n) is 3.83. The summed E-state index contributed by atoms with van der Waals surface area (Å²) in [4.78, 5) is 10.5. The molecule has 0 fully saturated rings. The van der Waals surface area contributed by atoms with E-state index in [1.165, 1.54) is 6.08 Å². The standard InChI is InChI=1S/C12H13Cl3O4.C2H6/c1-7-4-8(18-3-2-10(14)15)5-9(13)12(7)19-6-11(16)17;1-2/h2,4-5,9,12H,3,6H2,1H3,(H,16,17);1-2H3. The monoisotopic (exact) mass is 356 g/mol. The number of rotatable bonds is 6. The maximum atomic E-state index is 10.5. The molecule has 0 saturated carbocycles. The van der Waals surface area contributed by atoms with Crippen LogP contribution in [0.1, 0.15) is 20.8 Å². The van der Waals surface area contributed by atoms with Crippen LogP contribution in [0.5, 0.6) is 0 Å². The molecule has 0 aliphatic heterocycles. The van der Waals surface area contributed by atoms with Gasteiger partial charge in [-0.1, -0.05) is 37.0 Å². The van der Waals surface area contributed by atoms with Crippen molar-refractivity contribution in [3.05, 3.63) is 34.1 Å². The van der Waals surface area contributed by atoms with Crippen molar-refractivity contribution in [3.63, 3.8) is 0 Å². The van der Waals surface area contributed by atoms with E-state index in [-0.39, 0.29) is 11.1 Å². The molecule has 1 aliphatic rings. The molecule has 0 aromatic rings. The number of aliphatic carboxylic acids is 1. The quantitative estimate of drug-likeness (QED) is 0.721. The van der Waals surface area contributed by atoms with Gasteiger partial charge in [0, 0.05) is 0 Å². The highest BCUT2D eigenvalue weighted by Gasteiger charge is 2.25. The summed E-state index contributed by atoms with van der Waals surface area (Å²) in [7, 11) is 0. The van der Waals surface area contributed by atoms with Crippen LogP contribution in [0.15, 0.2) is 34.1 Å². The molecule has 1 N–H and O–H groups in total. The third-order valence-corrected chi connectivity index (χ3v) is 2.97. The van der Waals surface area contributed by atoms with Crippen molar-refractivity contribution in [1.29, 1.82) is 0 Å². The summed E-state index contributed by atoms with van der Waals surface area (Å²) in [6.07, 6.45) is 4.42. The molecule has 7 heteroatoms.